The van der Waals surface area contributed by atoms with Gasteiger partial charge in [0, 0.05) is 12.3 Å². The van der Waals surface area contributed by atoms with Gasteiger partial charge in [-0.05, 0) is 30.1 Å². The van der Waals surface area contributed by atoms with Crippen LogP contribution >= 0.6 is 0 Å². The third kappa shape index (κ3) is 0.826. The maximum absolute atomic E-state index is 11.6. The molecule has 3 atom stereocenters. The van der Waals surface area contributed by atoms with Crippen LogP contribution in [0.3, 0.4) is 0 Å². The predicted molar refractivity (Wildman–Crippen MR) is 48.8 cm³/mol. The van der Waals surface area contributed by atoms with Crippen LogP contribution in [0.5, 0.6) is 0 Å². The maximum Gasteiger partial charge on any atom is 0.136 e. The molecular weight excluding hydrogens is 148 g/mol. The largest absolute Gasteiger partial charge is 0.299 e. The first kappa shape index (κ1) is 8.28. The third-order valence-electron chi connectivity index (χ3n) is 4.33. The minimum Gasteiger partial charge on any atom is -0.299 e. The summed E-state index contributed by atoms with van der Waals surface area (Å²) in [5.74, 6) is 2.34. The van der Waals surface area contributed by atoms with E-state index < -0.39 is 0 Å². The van der Waals surface area contributed by atoms with Gasteiger partial charge in [0.1, 0.15) is 5.78 Å². The molecule has 3 saturated carbocycles. The molecule has 0 saturated heterocycles. The van der Waals surface area contributed by atoms with E-state index in [0.29, 0.717) is 29.0 Å². The first-order chi connectivity index (χ1) is 5.57. The van der Waals surface area contributed by atoms with E-state index in [1.807, 2.05) is 0 Å². The molecule has 0 unspecified atom stereocenters. The van der Waals surface area contributed by atoms with Gasteiger partial charge in [-0.2, -0.15) is 0 Å². The fraction of sp³-hybridized carbons (Fsp3) is 0.909. The minimum atomic E-state index is 0.394. The smallest absolute Gasteiger partial charge is 0.136 e. The number of hydrogen-bond acceptors (Lipinski definition) is 1. The highest BCUT2D eigenvalue weighted by molar-refractivity contribution is 5.83. The number of rotatable bonds is 1. The minimum absolute atomic E-state index is 0.394. The second-order valence-corrected chi connectivity index (χ2v) is 5.05. The van der Waals surface area contributed by atoms with Crippen LogP contribution < -0.4 is 0 Å². The number of carbonyl (C=O) groups excluding carboxylic acids is 1. The Labute approximate surface area is 74.5 Å². The normalized spacial score (nSPS) is 43.9. The van der Waals surface area contributed by atoms with Gasteiger partial charge in [0.15, 0.2) is 0 Å². The summed E-state index contributed by atoms with van der Waals surface area (Å²) < 4.78 is 0. The summed E-state index contributed by atoms with van der Waals surface area (Å²) in [5.41, 5.74) is 0.467. The van der Waals surface area contributed by atoms with Crippen molar-refractivity contribution in [3.8, 4) is 0 Å². The second-order valence-electron chi connectivity index (χ2n) is 5.05. The molecule has 1 heteroatoms. The average molecular weight is 166 g/mol. The highest BCUT2D eigenvalue weighted by Crippen LogP contribution is 2.60. The van der Waals surface area contributed by atoms with Crippen molar-refractivity contribution in [2.75, 3.05) is 0 Å². The topological polar surface area (TPSA) is 17.1 Å². The Balaban J connectivity index is 2.20. The molecule has 2 bridgehead atoms. The molecule has 0 aromatic carbocycles. The van der Waals surface area contributed by atoms with Crippen LogP contribution in [0.15, 0.2) is 0 Å². The Hall–Kier alpha value is -0.330. The van der Waals surface area contributed by atoms with E-state index in [-0.39, 0.29) is 0 Å². The highest BCUT2D eigenvalue weighted by Gasteiger charge is 2.56. The van der Waals surface area contributed by atoms with Gasteiger partial charge in [-0.15, -0.1) is 0 Å². The van der Waals surface area contributed by atoms with Gasteiger partial charge in [-0.25, -0.2) is 0 Å². The molecule has 3 aliphatic rings. The molecular formula is C11H18O. The zero-order chi connectivity index (χ0) is 8.93. The molecule has 0 aliphatic heterocycles. The Morgan fingerprint density at radius 1 is 1.50 bits per heavy atom. The lowest BCUT2D eigenvalue weighted by Gasteiger charge is -2.59. The molecule has 12 heavy (non-hydrogen) atoms. The van der Waals surface area contributed by atoms with Crippen LogP contribution in [0.1, 0.15) is 40.0 Å². The van der Waals surface area contributed by atoms with Crippen LogP contribution in [-0.4, -0.2) is 5.78 Å². The lowest BCUT2D eigenvalue weighted by atomic mass is 9.45. The molecule has 1 nitrogen and oxygen atoms in total. The third-order valence-corrected chi connectivity index (χ3v) is 4.33. The van der Waals surface area contributed by atoms with Crippen LogP contribution in [0, 0.1) is 23.2 Å². The van der Waals surface area contributed by atoms with Gasteiger partial charge in [-0.1, -0.05) is 20.8 Å². The summed E-state index contributed by atoms with van der Waals surface area (Å²) in [5, 5.41) is 0. The standard InChI is InChI=1S/C11H18O/c1-4-8-9-5-7(6-10(8)12)11(9,2)3/h7-9H,4-6H2,1-3H3/t7-,8+,9+/m1/s1. The van der Waals surface area contributed by atoms with Crippen molar-refractivity contribution in [1.29, 1.82) is 0 Å². The number of carbonyl (C=O) groups is 1. The SMILES string of the molecule is CC[C@@H]1C(=O)C[C@H]2C[C@@H]1C2(C)C. The Kier molecular flexibility index (Phi) is 1.61. The van der Waals surface area contributed by atoms with Crippen molar-refractivity contribution in [1.82, 2.24) is 0 Å². The van der Waals surface area contributed by atoms with Gasteiger partial charge in [0.05, 0.1) is 0 Å². The molecule has 0 amide bonds. The Morgan fingerprint density at radius 2 is 2.17 bits per heavy atom. The summed E-state index contributed by atoms with van der Waals surface area (Å²) in [4.78, 5) is 11.6. The van der Waals surface area contributed by atoms with Crippen molar-refractivity contribution < 1.29 is 4.79 Å². The van der Waals surface area contributed by atoms with E-state index in [0.717, 1.165) is 12.8 Å². The molecule has 3 rings (SSSR count). The lowest BCUT2D eigenvalue weighted by molar-refractivity contribution is -0.154. The monoisotopic (exact) mass is 166 g/mol. The highest BCUT2D eigenvalue weighted by atomic mass is 16.1. The lowest BCUT2D eigenvalue weighted by Crippen LogP contribution is -2.55. The summed E-state index contributed by atoms with van der Waals surface area (Å²) in [6.07, 6.45) is 3.24. The molecule has 68 valence electrons. The second kappa shape index (κ2) is 2.34. The number of Topliss-reactive ketones (excluding diaryl/α,β-unsaturated/α-hetero) is 1. The van der Waals surface area contributed by atoms with Crippen LogP contribution in [-0.2, 0) is 4.79 Å². The number of fused-ring (bicyclic) bond motifs is 2. The van der Waals surface area contributed by atoms with Gasteiger partial charge < -0.3 is 0 Å². The van der Waals surface area contributed by atoms with Crippen LogP contribution in [0.2, 0.25) is 0 Å². The van der Waals surface area contributed by atoms with E-state index in [1.54, 1.807) is 0 Å². The quantitative estimate of drug-likeness (QED) is 0.585. The summed E-state index contributed by atoms with van der Waals surface area (Å²) in [6, 6.07) is 0. The fourth-order valence-electron chi connectivity index (χ4n) is 3.22. The van der Waals surface area contributed by atoms with E-state index in [4.69, 9.17) is 0 Å². The van der Waals surface area contributed by atoms with Gasteiger partial charge in [0.2, 0.25) is 0 Å². The van der Waals surface area contributed by atoms with Crippen molar-refractivity contribution in [2.24, 2.45) is 23.2 Å². The van der Waals surface area contributed by atoms with Crippen molar-refractivity contribution in [2.45, 2.75) is 40.0 Å². The summed E-state index contributed by atoms with van der Waals surface area (Å²) in [6.45, 7) is 6.82. The molecule has 0 aromatic rings. The first-order valence-electron chi connectivity index (χ1n) is 5.10. The molecule has 0 N–H and O–H groups in total. The molecule has 0 radical (unpaired) electrons. The first-order valence-corrected chi connectivity index (χ1v) is 5.10. The predicted octanol–water partition coefficient (Wildman–Crippen LogP) is 2.65. The van der Waals surface area contributed by atoms with Gasteiger partial charge in [-0.3, -0.25) is 4.79 Å². The summed E-state index contributed by atoms with van der Waals surface area (Å²) >= 11 is 0. The molecule has 3 fully saturated rings. The van der Waals surface area contributed by atoms with Crippen molar-refractivity contribution >= 4 is 5.78 Å². The Bertz CT molecular complexity index is 217. The van der Waals surface area contributed by atoms with E-state index in [1.165, 1.54) is 6.42 Å². The Morgan fingerprint density at radius 3 is 2.58 bits per heavy atom. The number of hydrogen-bond donors (Lipinski definition) is 0. The van der Waals surface area contributed by atoms with E-state index in [9.17, 15) is 4.79 Å². The molecule has 3 aliphatic carbocycles. The molecule has 0 aromatic heterocycles. The maximum atomic E-state index is 11.6. The van der Waals surface area contributed by atoms with Gasteiger partial charge in [0.25, 0.3) is 0 Å². The average Bonchev–Trinajstić information content (AvgIpc) is 2.03. The fourth-order valence-corrected chi connectivity index (χ4v) is 3.22. The zero-order valence-corrected chi connectivity index (χ0v) is 8.26. The van der Waals surface area contributed by atoms with Gasteiger partial charge >= 0.3 is 0 Å². The number of ketones is 1. The zero-order valence-electron chi connectivity index (χ0n) is 8.26. The summed E-state index contributed by atoms with van der Waals surface area (Å²) in [7, 11) is 0. The molecule has 0 heterocycles. The van der Waals surface area contributed by atoms with Crippen molar-refractivity contribution in [3.63, 3.8) is 0 Å². The van der Waals surface area contributed by atoms with E-state index in [2.05, 4.69) is 20.8 Å². The van der Waals surface area contributed by atoms with E-state index >= 15 is 0 Å². The van der Waals surface area contributed by atoms with Crippen LogP contribution in [0.25, 0.3) is 0 Å². The van der Waals surface area contributed by atoms with Crippen molar-refractivity contribution in [3.05, 3.63) is 0 Å². The molecule has 0 spiro atoms. The van der Waals surface area contributed by atoms with Crippen LogP contribution in [0.4, 0.5) is 0 Å².